The Bertz CT molecular complexity index is 648. The monoisotopic (exact) mass is 320 g/mol. The quantitative estimate of drug-likeness (QED) is 0.886. The van der Waals surface area contributed by atoms with Crippen LogP contribution in [0.1, 0.15) is 29.5 Å². The zero-order valence-electron chi connectivity index (χ0n) is 13.0. The van der Waals surface area contributed by atoms with Crippen LogP contribution in [0.5, 0.6) is 0 Å². The topological polar surface area (TPSA) is 72.2 Å². The van der Waals surface area contributed by atoms with Gasteiger partial charge in [0.05, 0.1) is 11.4 Å². The van der Waals surface area contributed by atoms with Crippen molar-refractivity contribution < 1.29 is 13.5 Å². The summed E-state index contributed by atoms with van der Waals surface area (Å²) in [5.74, 6) is 0.720. The maximum Gasteiger partial charge on any atom is 0.235 e. The summed E-state index contributed by atoms with van der Waals surface area (Å²) in [5, 5.41) is 6.07. The van der Waals surface area contributed by atoms with Crippen LogP contribution in [0.4, 0.5) is 0 Å². The molecular weight excluding hydrogens is 300 g/mol. The van der Waals surface area contributed by atoms with Gasteiger partial charge in [0, 0.05) is 22.9 Å². The summed E-state index contributed by atoms with van der Waals surface area (Å²) < 4.78 is 17.4. The van der Waals surface area contributed by atoms with E-state index in [-0.39, 0.29) is 11.7 Å². The third-order valence-corrected chi connectivity index (χ3v) is 5.12. The van der Waals surface area contributed by atoms with E-state index in [1.807, 2.05) is 37.3 Å². The number of rotatable bonds is 6. The van der Waals surface area contributed by atoms with Gasteiger partial charge >= 0.3 is 0 Å². The molecule has 2 rings (SSSR count). The van der Waals surface area contributed by atoms with Crippen LogP contribution in [0.2, 0.25) is 0 Å². The van der Waals surface area contributed by atoms with Gasteiger partial charge in [-0.3, -0.25) is 9.00 Å². The van der Waals surface area contributed by atoms with Crippen LogP contribution in [-0.4, -0.2) is 20.5 Å². The molecule has 5 nitrogen and oxygen atoms in total. The van der Waals surface area contributed by atoms with Gasteiger partial charge in [-0.2, -0.15) is 0 Å². The van der Waals surface area contributed by atoms with E-state index in [4.69, 9.17) is 4.52 Å². The maximum absolute atomic E-state index is 12.3. The number of hydrogen-bond acceptors (Lipinski definition) is 4. The summed E-state index contributed by atoms with van der Waals surface area (Å²) in [6, 6.07) is 9.63. The minimum absolute atomic E-state index is 0.214. The van der Waals surface area contributed by atoms with Crippen molar-refractivity contribution in [2.24, 2.45) is 0 Å². The lowest BCUT2D eigenvalue weighted by Crippen LogP contribution is -2.35. The SMILES string of the molecule is Cc1noc(C)c1CS(=O)C(C)C(=O)NCc1ccccc1. The highest BCUT2D eigenvalue weighted by atomic mass is 32.2. The molecule has 1 aromatic heterocycles. The highest BCUT2D eigenvalue weighted by Gasteiger charge is 2.22. The predicted molar refractivity (Wildman–Crippen MR) is 85.6 cm³/mol. The van der Waals surface area contributed by atoms with Crippen LogP contribution >= 0.6 is 0 Å². The molecule has 0 radical (unpaired) electrons. The van der Waals surface area contributed by atoms with Crippen molar-refractivity contribution in [3.63, 3.8) is 0 Å². The summed E-state index contributed by atoms with van der Waals surface area (Å²) in [4.78, 5) is 12.1. The highest BCUT2D eigenvalue weighted by molar-refractivity contribution is 7.85. The Labute approximate surface area is 132 Å². The molecule has 118 valence electrons. The molecule has 0 fully saturated rings. The number of aromatic nitrogens is 1. The Morgan fingerprint density at radius 1 is 1.32 bits per heavy atom. The van der Waals surface area contributed by atoms with Crippen molar-refractivity contribution in [2.75, 3.05) is 0 Å². The van der Waals surface area contributed by atoms with Crippen LogP contribution in [-0.2, 0) is 27.9 Å². The molecule has 0 aliphatic carbocycles. The molecule has 1 heterocycles. The molecule has 0 saturated carbocycles. The molecular formula is C16H20N2O3S. The summed E-state index contributed by atoms with van der Waals surface area (Å²) in [5.41, 5.74) is 2.56. The van der Waals surface area contributed by atoms with Crippen LogP contribution < -0.4 is 5.32 Å². The Balaban J connectivity index is 1.91. The number of amides is 1. The van der Waals surface area contributed by atoms with Crippen LogP contribution in [0.15, 0.2) is 34.9 Å². The third kappa shape index (κ3) is 4.04. The van der Waals surface area contributed by atoms with Crippen molar-refractivity contribution in [1.82, 2.24) is 10.5 Å². The molecule has 22 heavy (non-hydrogen) atoms. The van der Waals surface area contributed by atoms with Crippen molar-refractivity contribution in [2.45, 2.75) is 38.3 Å². The average molecular weight is 320 g/mol. The summed E-state index contributed by atoms with van der Waals surface area (Å²) in [6.45, 7) is 5.71. The number of benzene rings is 1. The fourth-order valence-electron chi connectivity index (χ4n) is 2.02. The molecule has 0 saturated heterocycles. The van der Waals surface area contributed by atoms with Gasteiger partial charge in [-0.25, -0.2) is 0 Å². The summed E-state index contributed by atoms with van der Waals surface area (Å²) >= 11 is 0. The average Bonchev–Trinajstić information content (AvgIpc) is 2.84. The molecule has 2 atom stereocenters. The van der Waals surface area contributed by atoms with E-state index in [1.165, 1.54) is 0 Å². The van der Waals surface area contributed by atoms with E-state index in [2.05, 4.69) is 10.5 Å². The first-order valence-corrected chi connectivity index (χ1v) is 8.47. The molecule has 0 bridgehead atoms. The smallest absolute Gasteiger partial charge is 0.235 e. The van der Waals surface area contributed by atoms with E-state index < -0.39 is 16.0 Å². The number of carbonyl (C=O) groups excluding carboxylic acids is 1. The lowest BCUT2D eigenvalue weighted by Gasteiger charge is -2.12. The Morgan fingerprint density at radius 2 is 2.00 bits per heavy atom. The normalized spacial score (nSPS) is 13.6. The standard InChI is InChI=1S/C16H20N2O3S/c1-11-15(12(2)21-18-11)10-22(20)13(3)16(19)17-9-14-7-5-4-6-8-14/h4-8,13H,9-10H2,1-3H3,(H,17,19). The molecule has 1 aromatic carbocycles. The number of carbonyl (C=O) groups is 1. The lowest BCUT2D eigenvalue weighted by molar-refractivity contribution is -0.120. The van der Waals surface area contributed by atoms with Gasteiger partial charge in [0.2, 0.25) is 5.91 Å². The van der Waals surface area contributed by atoms with Gasteiger partial charge in [-0.05, 0) is 26.3 Å². The molecule has 6 heteroatoms. The van der Waals surface area contributed by atoms with Crippen LogP contribution in [0.3, 0.4) is 0 Å². The predicted octanol–water partition coefficient (Wildman–Crippen LogP) is 2.25. The fourth-order valence-corrected chi connectivity index (χ4v) is 3.29. The molecule has 0 aliphatic rings. The molecule has 1 amide bonds. The van der Waals surface area contributed by atoms with Crippen molar-refractivity contribution in [3.8, 4) is 0 Å². The number of nitrogens with zero attached hydrogens (tertiary/aromatic N) is 1. The van der Waals surface area contributed by atoms with Crippen LogP contribution in [0.25, 0.3) is 0 Å². The molecule has 0 aliphatic heterocycles. The second kappa shape index (κ2) is 7.35. The minimum Gasteiger partial charge on any atom is -0.361 e. The van der Waals surface area contributed by atoms with Crippen molar-refractivity contribution >= 4 is 16.7 Å². The fraction of sp³-hybridized carbons (Fsp3) is 0.375. The Morgan fingerprint density at radius 3 is 2.59 bits per heavy atom. The summed E-state index contributed by atoms with van der Waals surface area (Å²) in [6.07, 6.45) is 0. The van der Waals surface area contributed by atoms with Gasteiger partial charge in [0.25, 0.3) is 0 Å². The van der Waals surface area contributed by atoms with Gasteiger partial charge in [-0.1, -0.05) is 35.5 Å². The largest absolute Gasteiger partial charge is 0.361 e. The van der Waals surface area contributed by atoms with Gasteiger partial charge in [0.15, 0.2) is 0 Å². The van der Waals surface area contributed by atoms with E-state index in [0.29, 0.717) is 12.3 Å². The number of nitrogens with one attached hydrogen (secondary N) is 1. The van der Waals surface area contributed by atoms with E-state index in [9.17, 15) is 9.00 Å². The highest BCUT2D eigenvalue weighted by Crippen LogP contribution is 2.16. The van der Waals surface area contributed by atoms with Crippen LogP contribution in [0, 0.1) is 13.8 Å². The number of aryl methyl sites for hydroxylation is 2. The first kappa shape index (κ1) is 16.4. The van der Waals surface area contributed by atoms with E-state index in [0.717, 1.165) is 16.8 Å². The second-order valence-corrected chi connectivity index (χ2v) is 6.93. The molecule has 0 spiro atoms. The zero-order chi connectivity index (χ0) is 16.1. The minimum atomic E-state index is -1.31. The first-order chi connectivity index (χ1) is 10.5. The van der Waals surface area contributed by atoms with Crippen molar-refractivity contribution in [3.05, 3.63) is 52.9 Å². The maximum atomic E-state index is 12.3. The Hall–Kier alpha value is -1.95. The second-order valence-electron chi connectivity index (χ2n) is 5.17. The Kier molecular flexibility index (Phi) is 5.49. The zero-order valence-corrected chi connectivity index (χ0v) is 13.8. The summed E-state index contributed by atoms with van der Waals surface area (Å²) in [7, 11) is -1.31. The lowest BCUT2D eigenvalue weighted by atomic mass is 10.2. The molecule has 2 aromatic rings. The van der Waals surface area contributed by atoms with E-state index in [1.54, 1.807) is 13.8 Å². The number of hydrogen-bond donors (Lipinski definition) is 1. The molecule has 2 unspecified atom stereocenters. The van der Waals surface area contributed by atoms with Gasteiger partial charge in [-0.15, -0.1) is 0 Å². The third-order valence-electron chi connectivity index (χ3n) is 3.54. The first-order valence-electron chi connectivity index (χ1n) is 7.09. The van der Waals surface area contributed by atoms with Gasteiger partial charge in [0.1, 0.15) is 11.0 Å². The van der Waals surface area contributed by atoms with E-state index >= 15 is 0 Å². The van der Waals surface area contributed by atoms with Gasteiger partial charge < -0.3 is 9.84 Å². The van der Waals surface area contributed by atoms with Crippen molar-refractivity contribution in [1.29, 1.82) is 0 Å². The molecule has 1 N–H and O–H groups in total.